The lowest BCUT2D eigenvalue weighted by Crippen LogP contribution is -2.13. The van der Waals surface area contributed by atoms with Crippen LogP contribution in [0.15, 0.2) is 53.1 Å². The summed E-state index contributed by atoms with van der Waals surface area (Å²) in [6.07, 6.45) is 1.74. The number of hydrogen-bond donors (Lipinski definition) is 1. The van der Waals surface area contributed by atoms with E-state index in [4.69, 9.17) is 19.6 Å². The Balaban J connectivity index is 1.60. The van der Waals surface area contributed by atoms with Gasteiger partial charge in [-0.1, -0.05) is 18.2 Å². The van der Waals surface area contributed by atoms with Gasteiger partial charge in [0, 0.05) is 18.0 Å². The van der Waals surface area contributed by atoms with Crippen LogP contribution in [0.2, 0.25) is 0 Å². The van der Waals surface area contributed by atoms with Crippen molar-refractivity contribution in [3.63, 3.8) is 0 Å². The number of imidazole rings is 1. The van der Waals surface area contributed by atoms with E-state index in [9.17, 15) is 0 Å². The van der Waals surface area contributed by atoms with Crippen LogP contribution in [-0.4, -0.2) is 41.0 Å². The molecule has 7 nitrogen and oxygen atoms in total. The Morgan fingerprint density at radius 3 is 2.88 bits per heavy atom. The zero-order chi connectivity index (χ0) is 17.1. The molecule has 1 aromatic carbocycles. The third-order valence-corrected chi connectivity index (χ3v) is 3.76. The predicted octanol–water partition coefficient (Wildman–Crippen LogP) is 2.50. The first kappa shape index (κ1) is 15.6. The van der Waals surface area contributed by atoms with Gasteiger partial charge in [0.15, 0.2) is 11.4 Å². The first-order chi connectivity index (χ1) is 12.3. The fourth-order valence-electron chi connectivity index (χ4n) is 2.60. The van der Waals surface area contributed by atoms with Crippen molar-refractivity contribution >= 4 is 16.6 Å². The highest BCUT2D eigenvalue weighted by molar-refractivity contribution is 5.82. The molecule has 0 spiro atoms. The lowest BCUT2D eigenvalue weighted by atomic mass is 10.2. The van der Waals surface area contributed by atoms with Crippen molar-refractivity contribution < 1.29 is 13.9 Å². The van der Waals surface area contributed by atoms with Gasteiger partial charge in [-0.15, -0.1) is 5.10 Å². The molecule has 0 saturated heterocycles. The molecule has 4 rings (SSSR count). The van der Waals surface area contributed by atoms with Crippen molar-refractivity contribution in [1.29, 1.82) is 0 Å². The summed E-state index contributed by atoms with van der Waals surface area (Å²) in [5.41, 5.74) is 7.70. The molecule has 0 bridgehead atoms. The van der Waals surface area contributed by atoms with E-state index in [0.717, 1.165) is 22.3 Å². The summed E-state index contributed by atoms with van der Waals surface area (Å²) in [7, 11) is 0. The van der Waals surface area contributed by atoms with Crippen molar-refractivity contribution in [3.05, 3.63) is 48.7 Å². The van der Waals surface area contributed by atoms with E-state index >= 15 is 0 Å². The minimum absolute atomic E-state index is 0.410. The van der Waals surface area contributed by atoms with E-state index in [1.807, 2.05) is 36.4 Å². The predicted molar refractivity (Wildman–Crippen MR) is 93.6 cm³/mol. The van der Waals surface area contributed by atoms with Gasteiger partial charge in [0.2, 0.25) is 5.88 Å². The zero-order valence-corrected chi connectivity index (χ0v) is 13.6. The first-order valence-corrected chi connectivity index (χ1v) is 8.09. The summed E-state index contributed by atoms with van der Waals surface area (Å²) in [6.45, 7) is 1.90. The molecule has 0 aliphatic carbocycles. The van der Waals surface area contributed by atoms with E-state index in [1.54, 1.807) is 16.8 Å². The number of fused-ring (bicyclic) bond motifs is 2. The molecule has 0 fully saturated rings. The summed E-state index contributed by atoms with van der Waals surface area (Å²) in [5.74, 6) is 1.21. The van der Waals surface area contributed by atoms with Crippen LogP contribution in [0.5, 0.6) is 5.88 Å². The monoisotopic (exact) mass is 338 g/mol. The molecular formula is C18H18N4O3. The molecule has 25 heavy (non-hydrogen) atoms. The maximum Gasteiger partial charge on any atom is 0.231 e. The molecule has 128 valence electrons. The fourth-order valence-corrected chi connectivity index (χ4v) is 2.60. The van der Waals surface area contributed by atoms with E-state index in [0.29, 0.717) is 38.0 Å². The van der Waals surface area contributed by atoms with Gasteiger partial charge < -0.3 is 19.6 Å². The highest BCUT2D eigenvalue weighted by atomic mass is 16.5. The number of furan rings is 1. The van der Waals surface area contributed by atoms with Crippen LogP contribution in [0.4, 0.5) is 0 Å². The molecule has 7 heteroatoms. The Morgan fingerprint density at radius 1 is 1.08 bits per heavy atom. The van der Waals surface area contributed by atoms with Crippen LogP contribution in [0.3, 0.4) is 0 Å². The Kier molecular flexibility index (Phi) is 4.32. The van der Waals surface area contributed by atoms with Crippen molar-refractivity contribution in [2.24, 2.45) is 5.73 Å². The van der Waals surface area contributed by atoms with Gasteiger partial charge in [0.25, 0.3) is 0 Å². The Hall–Kier alpha value is -2.90. The van der Waals surface area contributed by atoms with E-state index in [1.165, 1.54) is 0 Å². The molecule has 0 saturated carbocycles. The van der Waals surface area contributed by atoms with Gasteiger partial charge >= 0.3 is 0 Å². The topological polar surface area (TPSA) is 87.8 Å². The minimum Gasteiger partial charge on any atom is -0.474 e. The second kappa shape index (κ2) is 6.92. The number of para-hydroxylation sites is 1. The number of rotatable bonds is 7. The summed E-state index contributed by atoms with van der Waals surface area (Å²) < 4.78 is 18.5. The van der Waals surface area contributed by atoms with Crippen molar-refractivity contribution in [3.8, 4) is 17.3 Å². The summed E-state index contributed by atoms with van der Waals surface area (Å²) in [4.78, 5) is 4.37. The van der Waals surface area contributed by atoms with E-state index in [-0.39, 0.29) is 0 Å². The smallest absolute Gasteiger partial charge is 0.231 e. The lowest BCUT2D eigenvalue weighted by Gasteiger charge is -2.06. The lowest BCUT2D eigenvalue weighted by molar-refractivity contribution is 0.104. The average Bonchev–Trinajstić information content (AvgIpc) is 3.24. The van der Waals surface area contributed by atoms with E-state index in [2.05, 4.69) is 10.1 Å². The highest BCUT2D eigenvalue weighted by Crippen LogP contribution is 2.28. The number of nitrogens with two attached hydrogens (primary N) is 1. The van der Waals surface area contributed by atoms with Crippen LogP contribution in [0, 0.1) is 0 Å². The van der Waals surface area contributed by atoms with Crippen LogP contribution in [0.1, 0.15) is 0 Å². The summed E-state index contributed by atoms with van der Waals surface area (Å²) in [6, 6.07) is 13.5. The molecule has 0 radical (unpaired) electrons. The van der Waals surface area contributed by atoms with Gasteiger partial charge in [0.1, 0.15) is 17.9 Å². The molecule has 0 aliphatic rings. The van der Waals surface area contributed by atoms with Crippen molar-refractivity contribution in [2.75, 3.05) is 26.4 Å². The average molecular weight is 338 g/mol. The standard InChI is InChI=1S/C18H18N4O3/c19-7-8-23-9-10-24-18-6-5-17-20-12-14(22(17)21-18)16-11-13-3-1-2-4-15(13)25-16/h1-6,11-12H,7-10,19H2. The molecule has 4 aromatic rings. The molecule has 0 aliphatic heterocycles. The summed E-state index contributed by atoms with van der Waals surface area (Å²) in [5, 5.41) is 5.53. The zero-order valence-electron chi connectivity index (χ0n) is 13.6. The SMILES string of the molecule is NCCOCCOc1ccc2ncc(-c3cc4ccccc4o3)n2n1. The highest BCUT2D eigenvalue weighted by Gasteiger charge is 2.13. The van der Waals surface area contributed by atoms with Crippen molar-refractivity contribution in [2.45, 2.75) is 0 Å². The molecular weight excluding hydrogens is 320 g/mol. The van der Waals surface area contributed by atoms with Crippen molar-refractivity contribution in [1.82, 2.24) is 14.6 Å². The second-order valence-electron chi connectivity index (χ2n) is 5.48. The molecule has 0 atom stereocenters. The largest absolute Gasteiger partial charge is 0.474 e. The molecule has 3 aromatic heterocycles. The number of aromatic nitrogens is 3. The van der Waals surface area contributed by atoms with Crippen LogP contribution in [-0.2, 0) is 4.74 Å². The Bertz CT molecular complexity index is 959. The minimum atomic E-state index is 0.410. The van der Waals surface area contributed by atoms with Crippen LogP contribution in [0.25, 0.3) is 28.1 Å². The molecule has 3 heterocycles. The van der Waals surface area contributed by atoms with Gasteiger partial charge in [-0.05, 0) is 18.2 Å². The third kappa shape index (κ3) is 3.19. The van der Waals surface area contributed by atoms with E-state index < -0.39 is 0 Å². The van der Waals surface area contributed by atoms with Gasteiger partial charge in [-0.3, -0.25) is 0 Å². The molecule has 0 unspecified atom stereocenters. The second-order valence-corrected chi connectivity index (χ2v) is 5.48. The summed E-state index contributed by atoms with van der Waals surface area (Å²) >= 11 is 0. The third-order valence-electron chi connectivity index (χ3n) is 3.76. The maximum atomic E-state index is 5.91. The number of ether oxygens (including phenoxy) is 2. The maximum absolute atomic E-state index is 5.91. The van der Waals surface area contributed by atoms with Gasteiger partial charge in [0.05, 0.1) is 19.4 Å². The fraction of sp³-hybridized carbons (Fsp3) is 0.222. The Morgan fingerprint density at radius 2 is 2.00 bits per heavy atom. The number of nitrogens with zero attached hydrogens (tertiary/aromatic N) is 3. The van der Waals surface area contributed by atoms with Crippen LogP contribution >= 0.6 is 0 Å². The number of benzene rings is 1. The molecule has 2 N–H and O–H groups in total. The molecule has 0 amide bonds. The van der Waals surface area contributed by atoms with Crippen LogP contribution < -0.4 is 10.5 Å². The normalized spacial score (nSPS) is 11.4. The Labute approximate surface area is 144 Å². The first-order valence-electron chi connectivity index (χ1n) is 8.09. The quantitative estimate of drug-likeness (QED) is 0.521. The van der Waals surface area contributed by atoms with Gasteiger partial charge in [-0.2, -0.15) is 0 Å². The number of hydrogen-bond acceptors (Lipinski definition) is 6. The van der Waals surface area contributed by atoms with Gasteiger partial charge in [-0.25, -0.2) is 9.50 Å².